The summed E-state index contributed by atoms with van der Waals surface area (Å²) in [6.07, 6.45) is -5.45. The van der Waals surface area contributed by atoms with Crippen molar-refractivity contribution >= 4 is 40.9 Å². The molecule has 0 saturated carbocycles. The van der Waals surface area contributed by atoms with Gasteiger partial charge in [0.2, 0.25) is 5.91 Å². The van der Waals surface area contributed by atoms with Gasteiger partial charge in [-0.15, -0.1) is 0 Å². The number of nitrogens with one attached hydrogen (secondary N) is 1. The third kappa shape index (κ3) is 5.04. The van der Waals surface area contributed by atoms with Crippen molar-refractivity contribution in [2.75, 3.05) is 10.5 Å². The Labute approximate surface area is 148 Å². The van der Waals surface area contributed by atoms with Gasteiger partial charge in [0.05, 0.1) is 12.3 Å². The molecule has 4 atom stereocenters. The molecule has 10 heteroatoms. The molecule has 1 aromatic carbocycles. The smallest absolute Gasteiger partial charge is 0.217 e. The molecule has 0 radical (unpaired) electrons. The Morgan fingerprint density at radius 3 is 2.25 bits per heavy atom. The number of benzene rings is 1. The zero-order valence-electron chi connectivity index (χ0n) is 12.6. The number of aliphatic hydroxyl groups is 4. The van der Waals surface area contributed by atoms with E-state index in [1.165, 1.54) is 18.2 Å². The van der Waals surface area contributed by atoms with Gasteiger partial charge in [-0.3, -0.25) is 9.59 Å². The molecule has 5 N–H and O–H groups in total. The van der Waals surface area contributed by atoms with E-state index in [1.54, 1.807) is 6.07 Å². The van der Waals surface area contributed by atoms with E-state index in [-0.39, 0.29) is 11.3 Å². The zero-order valence-corrected chi connectivity index (χ0v) is 14.1. The molecule has 0 aromatic heterocycles. The molecule has 0 fully saturated rings. The fourth-order valence-electron chi connectivity index (χ4n) is 2.05. The van der Waals surface area contributed by atoms with Gasteiger partial charge in [-0.1, -0.05) is 12.1 Å². The number of rotatable bonds is 8. The van der Waals surface area contributed by atoms with Crippen molar-refractivity contribution < 1.29 is 30.0 Å². The molecule has 134 valence electrons. The summed E-state index contributed by atoms with van der Waals surface area (Å²) in [7, 11) is 0. The number of anilines is 1. The van der Waals surface area contributed by atoms with Crippen LogP contribution in [0, 0.1) is 0 Å². The van der Waals surface area contributed by atoms with Crippen LogP contribution in [0.4, 0.5) is 5.69 Å². The second-order valence-corrected chi connectivity index (χ2v) is 5.87. The van der Waals surface area contributed by atoms with Crippen molar-refractivity contribution in [1.29, 1.82) is 0 Å². The Hall–Kier alpha value is -1.42. The normalized spacial score (nSPS) is 16.0. The maximum atomic E-state index is 12.7. The minimum absolute atomic E-state index is 0.0222. The molecule has 0 bridgehead atoms. The lowest BCUT2D eigenvalue weighted by Gasteiger charge is -2.29. The first-order valence-corrected chi connectivity index (χ1v) is 7.55. The number of ketones is 1. The van der Waals surface area contributed by atoms with Gasteiger partial charge in [0, 0.05) is 36.0 Å². The molecule has 8 nitrogen and oxygen atoms in total. The number of amides is 1. The Bertz CT molecular complexity index is 586. The van der Waals surface area contributed by atoms with Gasteiger partial charge in [0.25, 0.3) is 0 Å². The Morgan fingerprint density at radius 2 is 1.75 bits per heavy atom. The monoisotopic (exact) mass is 380 g/mol. The summed E-state index contributed by atoms with van der Waals surface area (Å²) in [5, 5.41) is 40.5. The van der Waals surface area contributed by atoms with Crippen LogP contribution in [0.1, 0.15) is 17.3 Å². The summed E-state index contributed by atoms with van der Waals surface area (Å²) >= 11 is 11.3. The number of hydrogen-bond donors (Lipinski definition) is 5. The predicted molar refractivity (Wildman–Crippen MR) is 87.7 cm³/mol. The van der Waals surface area contributed by atoms with Crippen molar-refractivity contribution in [2.24, 2.45) is 0 Å². The largest absolute Gasteiger partial charge is 0.394 e. The molecule has 24 heavy (non-hydrogen) atoms. The van der Waals surface area contributed by atoms with E-state index in [2.05, 4.69) is 5.32 Å². The van der Waals surface area contributed by atoms with Crippen LogP contribution in [0.5, 0.6) is 0 Å². The van der Waals surface area contributed by atoms with E-state index < -0.39 is 42.7 Å². The van der Waals surface area contributed by atoms with E-state index in [9.17, 15) is 24.9 Å². The average Bonchev–Trinajstić information content (AvgIpc) is 2.56. The first kappa shape index (κ1) is 20.6. The number of carbonyl (C=O) groups excluding carboxylic acids is 2. The molecule has 0 aliphatic heterocycles. The molecular weight excluding hydrogens is 363 g/mol. The van der Waals surface area contributed by atoms with E-state index in [4.69, 9.17) is 28.7 Å². The number of hydrogen-bond acceptors (Lipinski definition) is 7. The van der Waals surface area contributed by atoms with Gasteiger partial charge in [-0.05, 0) is 12.1 Å². The standard InChI is InChI=1S/C14H18Cl2N2O6/c1-7(20)17-11(14(24)13(23)10(21)6-19)12(22)8-4-2-3-5-9(8)18(15)16/h2-5,10-11,13-14,19,21,23-24H,6H2,1H3,(H,17,20)/t10-,11+,13-,14-/m1/s1. The molecule has 0 aliphatic rings. The van der Waals surface area contributed by atoms with Crippen molar-refractivity contribution in [1.82, 2.24) is 5.32 Å². The highest BCUT2D eigenvalue weighted by atomic mass is 35.5. The average molecular weight is 381 g/mol. The first-order valence-electron chi connectivity index (χ1n) is 6.87. The van der Waals surface area contributed by atoms with E-state index in [0.29, 0.717) is 3.94 Å². The van der Waals surface area contributed by atoms with Crippen LogP contribution >= 0.6 is 23.6 Å². The van der Waals surface area contributed by atoms with Crippen molar-refractivity contribution in [3.05, 3.63) is 29.8 Å². The molecule has 0 saturated heterocycles. The number of carbonyl (C=O) groups is 2. The van der Waals surface area contributed by atoms with Gasteiger partial charge in [0.1, 0.15) is 24.4 Å². The summed E-state index contributed by atoms with van der Waals surface area (Å²) in [6, 6.07) is 4.30. The molecule has 0 unspecified atom stereocenters. The van der Waals surface area contributed by atoms with Crippen LogP contribution in [0.25, 0.3) is 0 Å². The Kier molecular flexibility index (Phi) is 7.88. The number of aliphatic hydroxyl groups excluding tert-OH is 4. The second-order valence-electron chi connectivity index (χ2n) is 5.02. The second kappa shape index (κ2) is 9.16. The van der Waals surface area contributed by atoms with Crippen LogP contribution < -0.4 is 9.25 Å². The fourth-order valence-corrected chi connectivity index (χ4v) is 2.35. The summed E-state index contributed by atoms with van der Waals surface area (Å²) in [6.45, 7) is 0.274. The molecule has 0 heterocycles. The van der Waals surface area contributed by atoms with Crippen molar-refractivity contribution in [3.8, 4) is 0 Å². The van der Waals surface area contributed by atoms with Gasteiger partial charge >= 0.3 is 0 Å². The van der Waals surface area contributed by atoms with E-state index in [0.717, 1.165) is 6.92 Å². The number of halogens is 2. The Balaban J connectivity index is 3.21. The lowest BCUT2D eigenvalue weighted by molar-refractivity contribution is -0.122. The number of nitrogens with zero attached hydrogens (tertiary/aromatic N) is 1. The maximum absolute atomic E-state index is 12.7. The highest BCUT2D eigenvalue weighted by Gasteiger charge is 2.37. The highest BCUT2D eigenvalue weighted by Crippen LogP contribution is 2.26. The Morgan fingerprint density at radius 1 is 1.17 bits per heavy atom. The lowest BCUT2D eigenvalue weighted by atomic mass is 9.93. The molecular formula is C14H18Cl2N2O6. The maximum Gasteiger partial charge on any atom is 0.217 e. The zero-order chi connectivity index (χ0) is 18.4. The SMILES string of the molecule is CC(=O)N[C@@H](C(=O)c1ccccc1N(Cl)Cl)[C@@H](O)[C@H](O)[C@H](O)CO. The van der Waals surface area contributed by atoms with Crippen LogP contribution in [0.15, 0.2) is 24.3 Å². The minimum atomic E-state index is -1.88. The van der Waals surface area contributed by atoms with Gasteiger partial charge in [-0.2, -0.15) is 3.94 Å². The summed E-state index contributed by atoms with van der Waals surface area (Å²) in [5.74, 6) is -1.44. The first-order chi connectivity index (χ1) is 11.2. The van der Waals surface area contributed by atoms with E-state index >= 15 is 0 Å². The lowest BCUT2D eigenvalue weighted by Crippen LogP contribution is -2.55. The van der Waals surface area contributed by atoms with Crippen LogP contribution in [-0.4, -0.2) is 63.1 Å². The summed E-state index contributed by atoms with van der Waals surface area (Å²) in [5.41, 5.74) is 0.0802. The van der Waals surface area contributed by atoms with E-state index in [1.807, 2.05) is 0 Å². The van der Waals surface area contributed by atoms with Crippen LogP contribution in [0.3, 0.4) is 0 Å². The number of Topliss-reactive ketones (excluding diaryl/α,β-unsaturated/α-hetero) is 1. The number of para-hydroxylation sites is 1. The molecule has 1 rings (SSSR count). The molecule has 0 aliphatic carbocycles. The summed E-state index contributed by atoms with van der Waals surface area (Å²) < 4.78 is 0.642. The quantitative estimate of drug-likeness (QED) is 0.305. The minimum Gasteiger partial charge on any atom is -0.394 e. The summed E-state index contributed by atoms with van der Waals surface area (Å²) in [4.78, 5) is 24.0. The molecule has 1 amide bonds. The molecule has 1 aromatic rings. The third-order valence-electron chi connectivity index (χ3n) is 3.27. The van der Waals surface area contributed by atoms with Crippen molar-refractivity contribution in [3.63, 3.8) is 0 Å². The third-order valence-corrected chi connectivity index (χ3v) is 3.63. The highest BCUT2D eigenvalue weighted by molar-refractivity contribution is 6.50. The fraction of sp³-hybridized carbons (Fsp3) is 0.429. The van der Waals surface area contributed by atoms with Gasteiger partial charge in [-0.25, -0.2) is 0 Å². The van der Waals surface area contributed by atoms with Crippen molar-refractivity contribution in [2.45, 2.75) is 31.3 Å². The van der Waals surface area contributed by atoms with Gasteiger partial charge < -0.3 is 25.7 Å². The van der Waals surface area contributed by atoms with Crippen LogP contribution in [-0.2, 0) is 4.79 Å². The van der Waals surface area contributed by atoms with Crippen LogP contribution in [0.2, 0.25) is 0 Å². The molecule has 0 spiro atoms. The topological polar surface area (TPSA) is 130 Å². The van der Waals surface area contributed by atoms with Gasteiger partial charge in [0.15, 0.2) is 5.78 Å². The predicted octanol–water partition coefficient (Wildman–Crippen LogP) is -0.437.